The van der Waals surface area contributed by atoms with Gasteiger partial charge in [0.05, 0.1) is 5.39 Å². The van der Waals surface area contributed by atoms with Gasteiger partial charge in [-0.2, -0.15) is 5.10 Å². The van der Waals surface area contributed by atoms with Gasteiger partial charge >= 0.3 is 0 Å². The first-order valence-corrected chi connectivity index (χ1v) is 5.64. The molecule has 0 aliphatic rings. The zero-order valence-corrected chi connectivity index (χ0v) is 9.87. The third kappa shape index (κ3) is 1.59. The van der Waals surface area contributed by atoms with Gasteiger partial charge in [0.25, 0.3) is 5.56 Å². The molecule has 4 nitrogen and oxygen atoms in total. The Morgan fingerprint density at radius 3 is 2.56 bits per heavy atom. The summed E-state index contributed by atoms with van der Waals surface area (Å²) in [5, 5.41) is 5.87. The molecule has 1 aromatic carbocycles. The topological polar surface area (TPSA) is 47.8 Å². The summed E-state index contributed by atoms with van der Waals surface area (Å²) in [5.41, 5.74) is 1.60. The average Bonchev–Trinajstić information content (AvgIpc) is 2.44. The molecule has 0 unspecified atom stereocenters. The van der Waals surface area contributed by atoms with Crippen molar-refractivity contribution >= 4 is 10.8 Å². The lowest BCUT2D eigenvalue weighted by Gasteiger charge is -2.07. The van der Waals surface area contributed by atoms with Crippen molar-refractivity contribution in [1.82, 2.24) is 14.8 Å². The largest absolute Gasteiger partial charge is 0.274 e. The first-order valence-electron chi connectivity index (χ1n) is 5.64. The van der Waals surface area contributed by atoms with E-state index in [4.69, 9.17) is 0 Å². The maximum absolute atomic E-state index is 12.0. The smallest absolute Gasteiger partial charge is 0.267 e. The molecule has 2 heterocycles. The first kappa shape index (κ1) is 10.7. The van der Waals surface area contributed by atoms with E-state index >= 15 is 0 Å². The summed E-state index contributed by atoms with van der Waals surface area (Å²) < 4.78 is 1.37. The number of hydrogen-bond donors (Lipinski definition) is 0. The molecule has 2 aromatic heterocycles. The Labute approximate surface area is 104 Å². The number of aromatic nitrogens is 3. The molecular weight excluding hydrogens is 226 g/mol. The van der Waals surface area contributed by atoms with Gasteiger partial charge in [-0.3, -0.25) is 9.78 Å². The van der Waals surface area contributed by atoms with Gasteiger partial charge in [-0.25, -0.2) is 4.68 Å². The summed E-state index contributed by atoms with van der Waals surface area (Å²) in [6.07, 6.45) is 3.47. The third-order valence-corrected chi connectivity index (χ3v) is 2.89. The summed E-state index contributed by atoms with van der Waals surface area (Å²) in [4.78, 5) is 16.1. The number of fused-ring (bicyclic) bond motifs is 1. The lowest BCUT2D eigenvalue weighted by Crippen LogP contribution is -2.20. The number of benzene rings is 1. The minimum Gasteiger partial charge on any atom is -0.267 e. The first-order chi connectivity index (χ1) is 8.77. The van der Waals surface area contributed by atoms with Crippen molar-refractivity contribution in [3.8, 4) is 11.3 Å². The fourth-order valence-electron chi connectivity index (χ4n) is 2.02. The molecule has 18 heavy (non-hydrogen) atoms. The fourth-order valence-corrected chi connectivity index (χ4v) is 2.02. The third-order valence-electron chi connectivity index (χ3n) is 2.89. The number of rotatable bonds is 1. The molecule has 0 saturated heterocycles. The molecule has 0 amide bonds. The zero-order valence-electron chi connectivity index (χ0n) is 9.87. The van der Waals surface area contributed by atoms with Crippen LogP contribution in [0.4, 0.5) is 0 Å². The average molecular weight is 237 g/mol. The SMILES string of the molecule is Cn1nc(-c2cccnc2)c2ccccc2c1=O. The predicted octanol–water partition coefficient (Wildman–Crippen LogP) is 2.00. The highest BCUT2D eigenvalue weighted by atomic mass is 16.1. The molecule has 4 heteroatoms. The minimum absolute atomic E-state index is 0.0850. The van der Waals surface area contributed by atoms with Crippen LogP contribution < -0.4 is 5.56 Å². The Morgan fingerprint density at radius 1 is 1.06 bits per heavy atom. The normalized spacial score (nSPS) is 10.7. The summed E-state index contributed by atoms with van der Waals surface area (Å²) in [6, 6.07) is 11.3. The van der Waals surface area contributed by atoms with Gasteiger partial charge in [-0.15, -0.1) is 0 Å². The quantitative estimate of drug-likeness (QED) is 0.650. The van der Waals surface area contributed by atoms with Crippen LogP contribution in [0.1, 0.15) is 0 Å². The van der Waals surface area contributed by atoms with Crippen LogP contribution in [0.5, 0.6) is 0 Å². The fraction of sp³-hybridized carbons (Fsp3) is 0.0714. The Kier molecular flexibility index (Phi) is 2.41. The van der Waals surface area contributed by atoms with E-state index in [0.717, 1.165) is 16.6 Å². The number of aryl methyl sites for hydroxylation is 1. The standard InChI is InChI=1S/C14H11N3O/c1-17-14(18)12-7-3-2-6-11(12)13(16-17)10-5-4-8-15-9-10/h2-9H,1H3. The lowest BCUT2D eigenvalue weighted by atomic mass is 10.1. The van der Waals surface area contributed by atoms with E-state index in [-0.39, 0.29) is 5.56 Å². The maximum atomic E-state index is 12.0. The van der Waals surface area contributed by atoms with E-state index in [1.807, 2.05) is 36.4 Å². The van der Waals surface area contributed by atoms with Crippen molar-refractivity contribution in [2.75, 3.05) is 0 Å². The molecule has 0 radical (unpaired) electrons. The Bertz CT molecular complexity index is 763. The van der Waals surface area contributed by atoms with Gasteiger partial charge in [0.2, 0.25) is 0 Å². The lowest BCUT2D eigenvalue weighted by molar-refractivity contribution is 0.722. The predicted molar refractivity (Wildman–Crippen MR) is 70.2 cm³/mol. The van der Waals surface area contributed by atoms with Crippen molar-refractivity contribution in [1.29, 1.82) is 0 Å². The van der Waals surface area contributed by atoms with Crippen molar-refractivity contribution in [3.63, 3.8) is 0 Å². The molecule has 3 aromatic rings. The molecule has 0 fully saturated rings. The Morgan fingerprint density at radius 2 is 1.83 bits per heavy atom. The van der Waals surface area contributed by atoms with Gasteiger partial charge in [0.15, 0.2) is 0 Å². The number of pyridine rings is 1. The van der Waals surface area contributed by atoms with Crippen LogP contribution in [-0.2, 0) is 7.05 Å². The summed E-state index contributed by atoms with van der Waals surface area (Å²) in [7, 11) is 1.66. The van der Waals surface area contributed by atoms with Crippen molar-refractivity contribution in [2.45, 2.75) is 0 Å². The van der Waals surface area contributed by atoms with Gasteiger partial charge in [0, 0.05) is 30.4 Å². The summed E-state index contributed by atoms with van der Waals surface area (Å²) >= 11 is 0. The second-order valence-corrected chi connectivity index (χ2v) is 4.06. The second kappa shape index (κ2) is 4.07. The maximum Gasteiger partial charge on any atom is 0.274 e. The molecule has 88 valence electrons. The van der Waals surface area contributed by atoms with Crippen LogP contribution in [0.3, 0.4) is 0 Å². The molecule has 0 aliphatic heterocycles. The molecule has 0 spiro atoms. The van der Waals surface area contributed by atoms with Crippen molar-refractivity contribution < 1.29 is 0 Å². The molecule has 0 aliphatic carbocycles. The molecule has 0 bridgehead atoms. The van der Waals surface area contributed by atoms with E-state index in [1.165, 1.54) is 4.68 Å². The van der Waals surface area contributed by atoms with E-state index in [2.05, 4.69) is 10.1 Å². The summed E-state index contributed by atoms with van der Waals surface area (Å²) in [6.45, 7) is 0. The highest BCUT2D eigenvalue weighted by molar-refractivity contribution is 5.93. The van der Waals surface area contributed by atoms with Crippen molar-refractivity contribution in [2.24, 2.45) is 7.05 Å². The number of nitrogens with zero attached hydrogens (tertiary/aromatic N) is 3. The van der Waals surface area contributed by atoms with E-state index < -0.39 is 0 Å². The minimum atomic E-state index is -0.0850. The summed E-state index contributed by atoms with van der Waals surface area (Å²) in [5.74, 6) is 0. The van der Waals surface area contributed by atoms with Crippen LogP contribution >= 0.6 is 0 Å². The second-order valence-electron chi connectivity index (χ2n) is 4.06. The number of hydrogen-bond acceptors (Lipinski definition) is 3. The van der Waals surface area contributed by atoms with E-state index in [0.29, 0.717) is 5.39 Å². The monoisotopic (exact) mass is 237 g/mol. The molecule has 0 saturated carbocycles. The Balaban J connectivity index is 2.44. The van der Waals surface area contributed by atoms with E-state index in [1.54, 1.807) is 19.4 Å². The van der Waals surface area contributed by atoms with Gasteiger partial charge in [-0.05, 0) is 18.2 Å². The molecular formula is C14H11N3O. The zero-order chi connectivity index (χ0) is 12.5. The highest BCUT2D eigenvalue weighted by Crippen LogP contribution is 2.23. The Hall–Kier alpha value is -2.49. The van der Waals surface area contributed by atoms with E-state index in [9.17, 15) is 4.79 Å². The highest BCUT2D eigenvalue weighted by Gasteiger charge is 2.09. The van der Waals surface area contributed by atoms with Crippen LogP contribution in [0.2, 0.25) is 0 Å². The van der Waals surface area contributed by atoms with Crippen LogP contribution in [0.15, 0.2) is 53.6 Å². The van der Waals surface area contributed by atoms with Gasteiger partial charge in [-0.1, -0.05) is 18.2 Å². The van der Waals surface area contributed by atoms with Crippen LogP contribution in [0.25, 0.3) is 22.0 Å². The van der Waals surface area contributed by atoms with Crippen LogP contribution in [0, 0.1) is 0 Å². The van der Waals surface area contributed by atoms with Crippen LogP contribution in [-0.4, -0.2) is 14.8 Å². The van der Waals surface area contributed by atoms with Gasteiger partial charge < -0.3 is 0 Å². The van der Waals surface area contributed by atoms with Gasteiger partial charge in [0.1, 0.15) is 5.69 Å². The molecule has 3 rings (SSSR count). The molecule has 0 atom stereocenters. The van der Waals surface area contributed by atoms with Crippen molar-refractivity contribution in [3.05, 3.63) is 59.1 Å². The molecule has 0 N–H and O–H groups in total.